The third kappa shape index (κ3) is 3.41. The van der Waals surface area contributed by atoms with E-state index in [0.29, 0.717) is 6.42 Å². The van der Waals surface area contributed by atoms with Crippen LogP contribution in [-0.4, -0.2) is 10.7 Å². The van der Waals surface area contributed by atoms with Crippen molar-refractivity contribution in [2.75, 3.05) is 0 Å². The Bertz CT molecular complexity index is 524. The van der Waals surface area contributed by atoms with E-state index in [1.807, 2.05) is 24.3 Å². The van der Waals surface area contributed by atoms with Crippen LogP contribution in [0.3, 0.4) is 0 Å². The first-order valence-corrected chi connectivity index (χ1v) is 6.01. The predicted octanol–water partition coefficient (Wildman–Crippen LogP) is 3.81. The molecule has 0 radical (unpaired) electrons. The average molecular weight is 244 g/mol. The van der Waals surface area contributed by atoms with Gasteiger partial charge in [-0.1, -0.05) is 36.4 Å². The van der Waals surface area contributed by atoms with Crippen molar-refractivity contribution < 1.29 is 9.50 Å². The zero-order valence-corrected chi connectivity index (χ0v) is 10.7. The second kappa shape index (κ2) is 4.91. The lowest BCUT2D eigenvalue weighted by molar-refractivity contribution is 0.0810. The van der Waals surface area contributed by atoms with E-state index in [2.05, 4.69) is 0 Å². The van der Waals surface area contributed by atoms with Crippen molar-refractivity contribution in [2.45, 2.75) is 25.9 Å². The van der Waals surface area contributed by atoms with Gasteiger partial charge in [0.05, 0.1) is 5.60 Å². The van der Waals surface area contributed by atoms with Crippen LogP contribution in [0.15, 0.2) is 48.5 Å². The van der Waals surface area contributed by atoms with Gasteiger partial charge in [0.15, 0.2) is 0 Å². The first kappa shape index (κ1) is 12.8. The fourth-order valence-electron chi connectivity index (χ4n) is 2.00. The van der Waals surface area contributed by atoms with Gasteiger partial charge < -0.3 is 5.11 Å². The highest BCUT2D eigenvalue weighted by Gasteiger charge is 2.13. The van der Waals surface area contributed by atoms with Gasteiger partial charge in [-0.05, 0) is 42.7 Å². The van der Waals surface area contributed by atoms with E-state index in [0.717, 1.165) is 16.7 Å². The molecule has 0 aliphatic rings. The third-order valence-corrected chi connectivity index (χ3v) is 2.74. The molecule has 0 amide bonds. The fourth-order valence-corrected chi connectivity index (χ4v) is 2.00. The van der Waals surface area contributed by atoms with Crippen molar-refractivity contribution in [3.8, 4) is 11.1 Å². The van der Waals surface area contributed by atoms with Crippen molar-refractivity contribution in [1.82, 2.24) is 0 Å². The molecular weight excluding hydrogens is 227 g/mol. The largest absolute Gasteiger partial charge is 0.390 e. The molecule has 0 saturated carbocycles. The third-order valence-electron chi connectivity index (χ3n) is 2.74. The molecule has 18 heavy (non-hydrogen) atoms. The molecule has 0 aliphatic carbocycles. The standard InChI is InChI=1S/C16H17FO/c1-16(2,18)11-12-4-3-5-14(10-12)13-6-8-15(17)9-7-13/h3-10,18H,11H2,1-2H3. The van der Waals surface area contributed by atoms with Gasteiger partial charge in [-0.3, -0.25) is 0 Å². The topological polar surface area (TPSA) is 20.2 Å². The Morgan fingerprint density at radius 3 is 2.28 bits per heavy atom. The van der Waals surface area contributed by atoms with Crippen LogP contribution in [0, 0.1) is 5.82 Å². The molecule has 2 rings (SSSR count). The summed E-state index contributed by atoms with van der Waals surface area (Å²) in [5.41, 5.74) is 2.37. The van der Waals surface area contributed by atoms with Crippen molar-refractivity contribution in [3.63, 3.8) is 0 Å². The van der Waals surface area contributed by atoms with Gasteiger partial charge in [-0.15, -0.1) is 0 Å². The van der Waals surface area contributed by atoms with Gasteiger partial charge in [0.2, 0.25) is 0 Å². The summed E-state index contributed by atoms with van der Waals surface area (Å²) in [5.74, 6) is -0.230. The van der Waals surface area contributed by atoms with Crippen LogP contribution in [-0.2, 0) is 6.42 Å². The molecule has 0 fully saturated rings. The van der Waals surface area contributed by atoms with Crippen LogP contribution < -0.4 is 0 Å². The number of benzene rings is 2. The molecule has 0 aromatic heterocycles. The lowest BCUT2D eigenvalue weighted by Gasteiger charge is -2.17. The summed E-state index contributed by atoms with van der Waals surface area (Å²) in [6, 6.07) is 14.4. The Morgan fingerprint density at radius 2 is 1.67 bits per heavy atom. The number of halogens is 1. The highest BCUT2D eigenvalue weighted by Crippen LogP contribution is 2.22. The van der Waals surface area contributed by atoms with E-state index in [9.17, 15) is 9.50 Å². The normalized spacial score (nSPS) is 11.6. The summed E-state index contributed by atoms with van der Waals surface area (Å²) < 4.78 is 12.9. The van der Waals surface area contributed by atoms with Crippen LogP contribution >= 0.6 is 0 Å². The lowest BCUT2D eigenvalue weighted by Crippen LogP contribution is -2.21. The van der Waals surface area contributed by atoms with E-state index >= 15 is 0 Å². The molecule has 0 unspecified atom stereocenters. The zero-order chi connectivity index (χ0) is 13.2. The smallest absolute Gasteiger partial charge is 0.123 e. The Labute approximate surface area is 107 Å². The molecule has 0 atom stereocenters. The minimum atomic E-state index is -0.721. The van der Waals surface area contributed by atoms with Crippen molar-refractivity contribution in [3.05, 3.63) is 59.9 Å². The van der Waals surface area contributed by atoms with Gasteiger partial charge in [-0.25, -0.2) is 4.39 Å². The molecule has 0 heterocycles. The van der Waals surface area contributed by atoms with E-state index < -0.39 is 5.60 Å². The van der Waals surface area contributed by atoms with Gasteiger partial charge in [0.1, 0.15) is 5.82 Å². The summed E-state index contributed by atoms with van der Waals surface area (Å²) in [6.07, 6.45) is 0.599. The second-order valence-corrected chi connectivity index (χ2v) is 5.20. The Balaban J connectivity index is 2.29. The molecular formula is C16H17FO. The first-order chi connectivity index (χ1) is 8.44. The molecule has 2 aromatic carbocycles. The van der Waals surface area contributed by atoms with Crippen molar-refractivity contribution >= 4 is 0 Å². The van der Waals surface area contributed by atoms with Crippen LogP contribution in [0.1, 0.15) is 19.4 Å². The van der Waals surface area contributed by atoms with Crippen LogP contribution in [0.5, 0.6) is 0 Å². The number of aliphatic hydroxyl groups is 1. The van der Waals surface area contributed by atoms with Crippen molar-refractivity contribution in [1.29, 1.82) is 0 Å². The fraction of sp³-hybridized carbons (Fsp3) is 0.250. The SMILES string of the molecule is CC(C)(O)Cc1cccc(-c2ccc(F)cc2)c1. The van der Waals surface area contributed by atoms with Crippen LogP contribution in [0.4, 0.5) is 4.39 Å². The van der Waals surface area contributed by atoms with E-state index in [4.69, 9.17) is 0 Å². The van der Waals surface area contributed by atoms with E-state index in [1.54, 1.807) is 26.0 Å². The number of hydrogen-bond donors (Lipinski definition) is 1. The average Bonchev–Trinajstić information content (AvgIpc) is 2.28. The molecule has 1 nitrogen and oxygen atoms in total. The minimum Gasteiger partial charge on any atom is -0.390 e. The maximum Gasteiger partial charge on any atom is 0.123 e. The molecule has 94 valence electrons. The maximum atomic E-state index is 12.9. The second-order valence-electron chi connectivity index (χ2n) is 5.20. The first-order valence-electron chi connectivity index (χ1n) is 6.01. The van der Waals surface area contributed by atoms with Crippen molar-refractivity contribution in [2.24, 2.45) is 0 Å². The predicted molar refractivity (Wildman–Crippen MR) is 71.8 cm³/mol. The summed E-state index contributed by atoms with van der Waals surface area (Å²) in [6.45, 7) is 3.58. The van der Waals surface area contributed by atoms with Gasteiger partial charge in [0.25, 0.3) is 0 Å². The summed E-state index contributed by atoms with van der Waals surface area (Å²) >= 11 is 0. The minimum absolute atomic E-state index is 0.230. The Morgan fingerprint density at radius 1 is 1.00 bits per heavy atom. The molecule has 0 saturated heterocycles. The maximum absolute atomic E-state index is 12.9. The van der Waals surface area contributed by atoms with Crippen LogP contribution in [0.25, 0.3) is 11.1 Å². The van der Waals surface area contributed by atoms with Gasteiger partial charge in [0, 0.05) is 6.42 Å². The summed E-state index contributed by atoms with van der Waals surface area (Å²) in [7, 11) is 0. The highest BCUT2D eigenvalue weighted by molar-refractivity contribution is 5.64. The lowest BCUT2D eigenvalue weighted by atomic mass is 9.95. The molecule has 2 heteroatoms. The summed E-state index contributed by atoms with van der Waals surface area (Å²) in [4.78, 5) is 0. The molecule has 0 aliphatic heterocycles. The quantitative estimate of drug-likeness (QED) is 0.870. The van der Waals surface area contributed by atoms with Crippen LogP contribution in [0.2, 0.25) is 0 Å². The molecule has 1 N–H and O–H groups in total. The monoisotopic (exact) mass is 244 g/mol. The summed E-state index contributed by atoms with van der Waals surface area (Å²) in [5, 5.41) is 9.82. The molecule has 0 bridgehead atoms. The van der Waals surface area contributed by atoms with Gasteiger partial charge >= 0.3 is 0 Å². The van der Waals surface area contributed by atoms with Gasteiger partial charge in [-0.2, -0.15) is 0 Å². The van der Waals surface area contributed by atoms with E-state index in [-0.39, 0.29) is 5.82 Å². The number of rotatable bonds is 3. The Kier molecular flexibility index (Phi) is 3.48. The molecule has 2 aromatic rings. The highest BCUT2D eigenvalue weighted by atomic mass is 19.1. The molecule has 0 spiro atoms. The zero-order valence-electron chi connectivity index (χ0n) is 10.7. The number of hydrogen-bond acceptors (Lipinski definition) is 1. The Hall–Kier alpha value is -1.67. The van der Waals surface area contributed by atoms with E-state index in [1.165, 1.54) is 12.1 Å².